The molecule has 1 aromatic heterocycles. The van der Waals surface area contributed by atoms with Crippen LogP contribution >= 0.6 is 0 Å². The number of urea groups is 1. The van der Waals surface area contributed by atoms with Crippen LogP contribution in [0.4, 0.5) is 9.18 Å². The average molecular weight is 190 g/mol. The van der Waals surface area contributed by atoms with Crippen LogP contribution in [0.15, 0.2) is 15.8 Å². The van der Waals surface area contributed by atoms with Crippen molar-refractivity contribution < 1.29 is 9.18 Å². The van der Waals surface area contributed by atoms with Gasteiger partial charge in [0.15, 0.2) is 0 Å². The molecule has 72 valence electrons. The van der Waals surface area contributed by atoms with E-state index in [2.05, 4.69) is 11.5 Å². The van der Waals surface area contributed by atoms with Gasteiger partial charge in [0.2, 0.25) is 5.82 Å². The predicted octanol–water partition coefficient (Wildman–Crippen LogP) is -1.77. The summed E-state index contributed by atoms with van der Waals surface area (Å²) in [6.07, 6.45) is 0.709. The molecule has 0 aliphatic carbocycles. The molecule has 6 N–H and O–H groups in total. The van der Waals surface area contributed by atoms with Crippen LogP contribution in [-0.4, -0.2) is 16.0 Å². The topological polar surface area (TPSA) is 135 Å². The molecule has 0 bridgehead atoms. The maximum Gasteiger partial charge on any atom is 0.325 e. The van der Waals surface area contributed by atoms with Gasteiger partial charge in [-0.15, -0.1) is 0 Å². The van der Waals surface area contributed by atoms with E-state index in [0.717, 1.165) is 0 Å². The number of carbonyl (C=O) groups is 1. The van der Waals surface area contributed by atoms with Gasteiger partial charge in [0.25, 0.3) is 5.56 Å². The monoisotopic (exact) mass is 190 g/mol. The standard InChI is InChI=1S/C4H3FN2O2.CH4N2O/c5-2-1-6-4(9)7-3(2)8;2-1(3)4/h1H,(H2,6,7,8,9);(H4,2,3,4). The number of aromatic nitrogens is 2. The van der Waals surface area contributed by atoms with Crippen LogP contribution in [0, 0.1) is 5.82 Å². The summed E-state index contributed by atoms with van der Waals surface area (Å²) in [7, 11) is 0. The minimum Gasteiger partial charge on any atom is -0.352 e. The van der Waals surface area contributed by atoms with E-state index in [1.54, 1.807) is 4.98 Å². The molecule has 0 aromatic carbocycles. The summed E-state index contributed by atoms with van der Waals surface area (Å²) in [5.74, 6) is -0.991. The van der Waals surface area contributed by atoms with E-state index in [0.29, 0.717) is 6.20 Å². The van der Waals surface area contributed by atoms with Crippen LogP contribution in [-0.2, 0) is 0 Å². The van der Waals surface area contributed by atoms with Gasteiger partial charge in [-0.2, -0.15) is 4.39 Å². The Balaban J connectivity index is 0.000000310. The molecule has 0 fully saturated rings. The molecule has 0 atom stereocenters. The number of aromatic amines is 2. The van der Waals surface area contributed by atoms with Crippen molar-refractivity contribution in [2.75, 3.05) is 0 Å². The first kappa shape index (κ1) is 10.9. The van der Waals surface area contributed by atoms with Crippen LogP contribution in [0.25, 0.3) is 0 Å². The first-order valence-electron chi connectivity index (χ1n) is 2.96. The maximum atomic E-state index is 12.0. The Morgan fingerprint density at radius 2 is 1.85 bits per heavy atom. The van der Waals surface area contributed by atoms with Crippen molar-refractivity contribution >= 4 is 6.03 Å². The normalized spacial score (nSPS) is 8.38. The van der Waals surface area contributed by atoms with Crippen molar-refractivity contribution in [3.63, 3.8) is 0 Å². The molecule has 2 amide bonds. The molecule has 8 heteroatoms. The van der Waals surface area contributed by atoms with E-state index in [-0.39, 0.29) is 0 Å². The number of hydrogen-bond acceptors (Lipinski definition) is 3. The zero-order valence-corrected chi connectivity index (χ0v) is 6.33. The van der Waals surface area contributed by atoms with Crippen LogP contribution in [0.5, 0.6) is 0 Å². The van der Waals surface area contributed by atoms with E-state index in [1.807, 2.05) is 4.98 Å². The van der Waals surface area contributed by atoms with E-state index in [1.165, 1.54) is 0 Å². The molecule has 0 aliphatic rings. The second-order valence-corrected chi connectivity index (χ2v) is 1.82. The molecule has 7 nitrogen and oxygen atoms in total. The third kappa shape index (κ3) is 5.18. The third-order valence-corrected chi connectivity index (χ3v) is 0.774. The van der Waals surface area contributed by atoms with Gasteiger partial charge in [-0.3, -0.25) is 9.78 Å². The SMILES string of the molecule is NC(N)=O.O=c1[nH]cc(F)c(=O)[nH]1. The summed E-state index contributed by atoms with van der Waals surface area (Å²) < 4.78 is 12.0. The molecule has 0 saturated heterocycles. The lowest BCUT2D eigenvalue weighted by Crippen LogP contribution is -2.23. The number of hydrogen-bond donors (Lipinski definition) is 4. The third-order valence-electron chi connectivity index (χ3n) is 0.774. The van der Waals surface area contributed by atoms with Gasteiger partial charge in [-0.25, -0.2) is 9.59 Å². The van der Waals surface area contributed by atoms with Gasteiger partial charge in [-0.1, -0.05) is 0 Å². The Morgan fingerprint density at radius 3 is 2.15 bits per heavy atom. The van der Waals surface area contributed by atoms with Gasteiger partial charge in [0.05, 0.1) is 0 Å². The summed E-state index contributed by atoms with van der Waals surface area (Å²) in [6, 6.07) is -0.833. The van der Waals surface area contributed by atoms with Crippen LogP contribution in [0.1, 0.15) is 0 Å². The molecular formula is C5H7FN4O3. The van der Waals surface area contributed by atoms with Crippen LogP contribution < -0.4 is 22.7 Å². The van der Waals surface area contributed by atoms with Gasteiger partial charge >= 0.3 is 11.7 Å². The van der Waals surface area contributed by atoms with E-state index < -0.39 is 23.1 Å². The molecule has 0 saturated carbocycles. The highest BCUT2D eigenvalue weighted by atomic mass is 19.1. The lowest BCUT2D eigenvalue weighted by Gasteiger charge is -1.81. The molecule has 1 heterocycles. The quantitative estimate of drug-likeness (QED) is 0.385. The second kappa shape index (κ2) is 4.70. The van der Waals surface area contributed by atoms with Crippen molar-refractivity contribution in [2.24, 2.45) is 11.5 Å². The van der Waals surface area contributed by atoms with Gasteiger partial charge < -0.3 is 16.5 Å². The Hall–Kier alpha value is -2.12. The number of rotatable bonds is 0. The number of H-pyrrole nitrogens is 2. The minimum atomic E-state index is -1.00. The van der Waals surface area contributed by atoms with Gasteiger partial charge in [0, 0.05) is 6.20 Å². The average Bonchev–Trinajstić information content (AvgIpc) is 1.96. The summed E-state index contributed by atoms with van der Waals surface area (Å²) in [5, 5.41) is 0. The first-order valence-corrected chi connectivity index (χ1v) is 2.96. The summed E-state index contributed by atoms with van der Waals surface area (Å²) in [4.78, 5) is 33.0. The Morgan fingerprint density at radius 1 is 1.38 bits per heavy atom. The smallest absolute Gasteiger partial charge is 0.325 e. The highest BCUT2D eigenvalue weighted by Gasteiger charge is 1.93. The Bertz CT molecular complexity index is 391. The highest BCUT2D eigenvalue weighted by Crippen LogP contribution is 1.74. The number of carbonyl (C=O) groups excluding carboxylic acids is 1. The molecule has 0 radical (unpaired) electrons. The van der Waals surface area contributed by atoms with Crippen molar-refractivity contribution in [1.82, 2.24) is 9.97 Å². The molecule has 0 aliphatic heterocycles. The van der Waals surface area contributed by atoms with E-state index in [9.17, 15) is 14.0 Å². The highest BCUT2D eigenvalue weighted by molar-refractivity contribution is 5.69. The summed E-state index contributed by atoms with van der Waals surface area (Å²) in [5.41, 5.74) is 6.79. The van der Waals surface area contributed by atoms with Gasteiger partial charge in [-0.05, 0) is 0 Å². The molecule has 0 spiro atoms. The fourth-order valence-electron chi connectivity index (χ4n) is 0.393. The minimum absolute atomic E-state index is 0.707. The largest absolute Gasteiger partial charge is 0.352 e. The number of nitrogens with one attached hydrogen (secondary N) is 2. The molecule has 0 unspecified atom stereocenters. The van der Waals surface area contributed by atoms with Crippen molar-refractivity contribution in [3.8, 4) is 0 Å². The maximum absolute atomic E-state index is 12.0. The Labute approximate surface area is 70.6 Å². The molecule has 13 heavy (non-hydrogen) atoms. The van der Waals surface area contributed by atoms with Crippen molar-refractivity contribution in [3.05, 3.63) is 32.9 Å². The number of nitrogens with two attached hydrogens (primary N) is 2. The molecule has 1 rings (SSSR count). The predicted molar refractivity (Wildman–Crippen MR) is 41.4 cm³/mol. The molecule has 1 aromatic rings. The van der Waals surface area contributed by atoms with Crippen LogP contribution in [0.2, 0.25) is 0 Å². The number of halogens is 1. The van der Waals surface area contributed by atoms with E-state index in [4.69, 9.17) is 4.79 Å². The summed E-state index contributed by atoms with van der Waals surface area (Å²) in [6.45, 7) is 0. The lowest BCUT2D eigenvalue weighted by atomic mass is 10.6. The number of primary amides is 2. The zero-order valence-electron chi connectivity index (χ0n) is 6.33. The van der Waals surface area contributed by atoms with Gasteiger partial charge in [0.1, 0.15) is 0 Å². The summed E-state index contributed by atoms with van der Waals surface area (Å²) >= 11 is 0. The first-order chi connectivity index (χ1) is 5.93. The molecular weight excluding hydrogens is 183 g/mol. The van der Waals surface area contributed by atoms with Crippen molar-refractivity contribution in [2.45, 2.75) is 0 Å². The van der Waals surface area contributed by atoms with Crippen molar-refractivity contribution in [1.29, 1.82) is 0 Å². The number of amides is 2. The zero-order chi connectivity index (χ0) is 10.4. The lowest BCUT2D eigenvalue weighted by molar-refractivity contribution is 0.256. The Kier molecular flexibility index (Phi) is 3.93. The fraction of sp³-hybridized carbons (Fsp3) is 0. The van der Waals surface area contributed by atoms with Crippen LogP contribution in [0.3, 0.4) is 0 Å². The van der Waals surface area contributed by atoms with E-state index >= 15 is 0 Å². The second-order valence-electron chi connectivity index (χ2n) is 1.82. The fourth-order valence-corrected chi connectivity index (χ4v) is 0.393.